The van der Waals surface area contributed by atoms with Gasteiger partial charge in [-0.3, -0.25) is 4.90 Å². The fourth-order valence-electron chi connectivity index (χ4n) is 6.28. The van der Waals surface area contributed by atoms with Crippen molar-refractivity contribution in [1.82, 2.24) is 4.90 Å². The fourth-order valence-corrected chi connectivity index (χ4v) is 9.33. The minimum atomic E-state index is -4.48. The van der Waals surface area contributed by atoms with Crippen LogP contribution in [0.4, 0.5) is 28.9 Å². The minimum Gasteiger partial charge on any atom is -0.495 e. The van der Waals surface area contributed by atoms with E-state index in [9.17, 15) is 17.7 Å². The zero-order valence-electron chi connectivity index (χ0n) is 29.0. The zero-order chi connectivity index (χ0) is 35.4. The van der Waals surface area contributed by atoms with Crippen LogP contribution in [0, 0.1) is 11.8 Å². The van der Waals surface area contributed by atoms with Crippen LogP contribution in [0.5, 0.6) is 5.75 Å². The van der Waals surface area contributed by atoms with Crippen LogP contribution in [-0.2, 0) is 15.7 Å². The van der Waals surface area contributed by atoms with Gasteiger partial charge in [-0.15, -0.1) is 11.3 Å². The highest BCUT2D eigenvalue weighted by Gasteiger charge is 2.34. The molecule has 12 heteroatoms. The molecule has 3 heterocycles. The number of ether oxygens (including phenoxy) is 2. The fraction of sp³-hybridized carbons (Fsp3) is 0.529. The summed E-state index contributed by atoms with van der Waals surface area (Å²) in [6.07, 6.45) is -3.65. The molecule has 0 amide bonds. The lowest BCUT2D eigenvalue weighted by atomic mass is 9.98. The van der Waals surface area contributed by atoms with E-state index in [-0.39, 0.29) is 22.7 Å². The molecule has 250 valence electrons. The Kier molecular flexibility index (Phi) is 9.95. The Labute approximate surface area is 276 Å². The quantitative estimate of drug-likeness (QED) is 0.131. The molecule has 1 aromatic heterocycles. The van der Waals surface area contributed by atoms with Crippen LogP contribution in [0.15, 0.2) is 36.4 Å². The van der Waals surface area contributed by atoms with Gasteiger partial charge in [0.25, 0.3) is 0 Å². The number of nitrogens with zero attached hydrogens (tertiary/aromatic N) is 1. The molecule has 2 aliphatic rings. The number of nitrogens with one attached hydrogen (secondary N) is 2. The maximum absolute atomic E-state index is 15.5. The molecule has 2 aromatic carbocycles. The van der Waals surface area contributed by atoms with Crippen LogP contribution in [0.3, 0.4) is 0 Å². The predicted octanol–water partition coefficient (Wildman–Crippen LogP) is 7.51. The second-order valence-electron chi connectivity index (χ2n) is 11.7. The van der Waals surface area contributed by atoms with Crippen molar-refractivity contribution >= 4 is 45.2 Å². The second kappa shape index (κ2) is 15.0. The van der Waals surface area contributed by atoms with Crippen molar-refractivity contribution in [3.05, 3.63) is 46.8 Å². The molecule has 2 atom stereocenters. The van der Waals surface area contributed by atoms with Gasteiger partial charge in [0.2, 0.25) is 0 Å². The lowest BCUT2D eigenvalue weighted by Gasteiger charge is -2.41. The Hall–Kier alpha value is -2.77. The topological polar surface area (TPSA) is 62.8 Å². The number of piperidine rings is 1. The van der Waals surface area contributed by atoms with E-state index >= 15 is 4.39 Å². The van der Waals surface area contributed by atoms with E-state index in [0.29, 0.717) is 71.3 Å². The molecule has 0 aliphatic carbocycles. The van der Waals surface area contributed by atoms with Gasteiger partial charge in [0.1, 0.15) is 19.1 Å². The molecule has 46 heavy (non-hydrogen) atoms. The van der Waals surface area contributed by atoms with Crippen molar-refractivity contribution < 1.29 is 35.7 Å². The number of thiophene rings is 1. The summed E-state index contributed by atoms with van der Waals surface area (Å²) >= 11 is 1.13. The number of fused-ring (bicyclic) bond motifs is 1. The van der Waals surface area contributed by atoms with E-state index in [4.69, 9.17) is 13.6 Å². The molecule has 0 spiro atoms. The number of benzene rings is 2. The number of rotatable bonds is 10. The van der Waals surface area contributed by atoms with E-state index < -0.39 is 39.0 Å². The SMILES string of the molecule is [2H]C([2H])([2H])Oc1cc(P(=O)(CC)CC)ccc1NCC#Cc1sc2c(NC3CCN(C4CCOCC4)CC3F)cccc2c1CC(F)(F)F. The maximum Gasteiger partial charge on any atom is 0.393 e. The molecule has 2 fully saturated rings. The van der Waals surface area contributed by atoms with E-state index in [2.05, 4.69) is 27.4 Å². The van der Waals surface area contributed by atoms with Gasteiger partial charge in [-0.05, 0) is 54.5 Å². The van der Waals surface area contributed by atoms with E-state index in [1.165, 1.54) is 6.07 Å². The van der Waals surface area contributed by atoms with Crippen LogP contribution in [0.1, 0.15) is 47.7 Å². The van der Waals surface area contributed by atoms with Gasteiger partial charge in [-0.25, -0.2) is 4.39 Å². The summed E-state index contributed by atoms with van der Waals surface area (Å²) in [6.45, 7) is 5.97. The first-order valence-corrected chi connectivity index (χ1v) is 18.6. The molecular weight excluding hydrogens is 637 g/mol. The second-order valence-corrected chi connectivity index (χ2v) is 16.3. The summed E-state index contributed by atoms with van der Waals surface area (Å²) < 4.78 is 104. The zero-order valence-corrected chi connectivity index (χ0v) is 27.7. The van der Waals surface area contributed by atoms with Crippen molar-refractivity contribution in [1.29, 1.82) is 0 Å². The molecule has 2 saturated heterocycles. The van der Waals surface area contributed by atoms with E-state index in [1.54, 1.807) is 30.3 Å². The number of hydrogen-bond donors (Lipinski definition) is 2. The monoisotopic (exact) mass is 682 g/mol. The third-order valence-corrected chi connectivity index (χ3v) is 13.4. The Morgan fingerprint density at radius 1 is 1.15 bits per heavy atom. The molecule has 0 radical (unpaired) electrons. The number of methoxy groups -OCH3 is 1. The van der Waals surface area contributed by atoms with Crippen molar-refractivity contribution in [3.8, 4) is 17.6 Å². The predicted molar refractivity (Wildman–Crippen MR) is 181 cm³/mol. The van der Waals surface area contributed by atoms with Gasteiger partial charge in [-0.2, -0.15) is 13.2 Å². The van der Waals surface area contributed by atoms with Crippen LogP contribution >= 0.6 is 18.5 Å². The van der Waals surface area contributed by atoms with Crippen LogP contribution in [-0.4, -0.2) is 81.5 Å². The van der Waals surface area contributed by atoms with Crippen LogP contribution in [0.2, 0.25) is 0 Å². The summed E-state index contributed by atoms with van der Waals surface area (Å²) in [5.41, 5.74) is 0.933. The third kappa shape index (κ3) is 8.02. The van der Waals surface area contributed by atoms with Gasteiger partial charge >= 0.3 is 6.18 Å². The number of halogens is 4. The molecule has 0 saturated carbocycles. The average Bonchev–Trinajstić information content (AvgIpc) is 3.40. The molecule has 2 N–H and O–H groups in total. The van der Waals surface area contributed by atoms with Crippen molar-refractivity contribution in [2.75, 3.05) is 62.8 Å². The normalized spacial score (nSPS) is 21.1. The smallest absolute Gasteiger partial charge is 0.393 e. The van der Waals surface area contributed by atoms with Crippen molar-refractivity contribution in [2.24, 2.45) is 0 Å². The molecule has 3 aromatic rings. The summed E-state index contributed by atoms with van der Waals surface area (Å²) in [6, 6.07) is 9.60. The summed E-state index contributed by atoms with van der Waals surface area (Å²) in [4.78, 5) is 2.43. The maximum atomic E-state index is 15.5. The Morgan fingerprint density at radius 3 is 2.63 bits per heavy atom. The lowest BCUT2D eigenvalue weighted by Crippen LogP contribution is -2.52. The molecule has 6 nitrogen and oxygen atoms in total. The minimum absolute atomic E-state index is 0.0125. The summed E-state index contributed by atoms with van der Waals surface area (Å²) in [5, 5.41) is 7.22. The van der Waals surface area contributed by atoms with Gasteiger partial charge in [-0.1, -0.05) is 37.8 Å². The Bertz CT molecular complexity index is 1710. The first-order chi connectivity index (χ1) is 23.2. The van der Waals surface area contributed by atoms with E-state index in [0.717, 1.165) is 30.7 Å². The lowest BCUT2D eigenvalue weighted by molar-refractivity contribution is -0.126. The standard InChI is InChI=1S/C34H42F4N3O3PS/c1-4-45(42,5-2)24-11-12-29(31(20-24)43-3)39-16-7-10-32-26(21-34(36,37)38)25-8-6-9-30(33(25)46-32)40-28-13-17-41(22-27(28)35)23-14-18-44-19-15-23/h6,8-9,11-12,20,23,27-28,39-40H,4-5,13-19,21-22H2,1-3H3/i3D3. The molecule has 0 bridgehead atoms. The van der Waals surface area contributed by atoms with Crippen LogP contribution < -0.4 is 20.7 Å². The third-order valence-electron chi connectivity index (χ3n) is 8.95. The Morgan fingerprint density at radius 2 is 1.93 bits per heavy atom. The molecule has 5 rings (SSSR count). The van der Waals surface area contributed by atoms with Crippen molar-refractivity contribution in [3.63, 3.8) is 0 Å². The molecular formula is C34H42F4N3O3PS. The van der Waals surface area contributed by atoms with Gasteiger partial charge in [0, 0.05) is 50.0 Å². The first-order valence-electron chi connectivity index (χ1n) is 17.2. The van der Waals surface area contributed by atoms with Gasteiger partial charge in [0.05, 0.1) is 51.1 Å². The first kappa shape index (κ1) is 30.6. The van der Waals surface area contributed by atoms with Crippen LogP contribution in [0.25, 0.3) is 10.1 Å². The molecule has 2 aliphatic heterocycles. The largest absolute Gasteiger partial charge is 0.495 e. The van der Waals surface area contributed by atoms with Gasteiger partial charge in [0.15, 0.2) is 0 Å². The highest BCUT2D eigenvalue weighted by Crippen LogP contribution is 2.45. The molecule has 2 unspecified atom stereocenters. The summed E-state index contributed by atoms with van der Waals surface area (Å²) in [5.74, 6) is 5.75. The summed E-state index contributed by atoms with van der Waals surface area (Å²) in [7, 11) is -5.49. The number of likely N-dealkylation sites (tertiary alicyclic amines) is 1. The highest BCUT2D eigenvalue weighted by molar-refractivity contribution is 7.71. The number of hydrogen-bond acceptors (Lipinski definition) is 7. The number of alkyl halides is 4. The number of anilines is 2. The average molecular weight is 683 g/mol. The van der Waals surface area contributed by atoms with E-state index in [1.807, 2.05) is 13.8 Å². The Balaban J connectivity index is 1.37. The van der Waals surface area contributed by atoms with Crippen molar-refractivity contribution in [2.45, 2.75) is 64.0 Å². The van der Waals surface area contributed by atoms with Gasteiger partial charge < -0.3 is 24.7 Å². The highest BCUT2D eigenvalue weighted by atomic mass is 32.1.